The number of benzene rings is 1. The number of hydrogen-bond acceptors (Lipinski definition) is 3. The molecule has 0 radical (unpaired) electrons. The molecule has 0 spiro atoms. The molecule has 2 rings (SSSR count). The molecule has 1 aromatic carbocycles. The monoisotopic (exact) mass is 302 g/mol. The second-order valence-electron chi connectivity index (χ2n) is 5.07. The van der Waals surface area contributed by atoms with Crippen molar-refractivity contribution in [2.75, 3.05) is 0 Å². The first-order valence-corrected chi connectivity index (χ1v) is 8.31. The van der Waals surface area contributed by atoms with E-state index in [0.29, 0.717) is 5.92 Å². The number of rotatable bonds is 5. The van der Waals surface area contributed by atoms with Crippen molar-refractivity contribution in [3.63, 3.8) is 0 Å². The number of sulfonamides is 1. The molecule has 1 atom stereocenters. The van der Waals surface area contributed by atoms with Gasteiger partial charge in [-0.2, -0.15) is 0 Å². The van der Waals surface area contributed by atoms with Crippen LogP contribution in [0.5, 0.6) is 0 Å². The highest BCUT2D eigenvalue weighted by atomic mass is 35.5. The third kappa shape index (κ3) is 3.28. The third-order valence-corrected chi connectivity index (χ3v) is 5.76. The van der Waals surface area contributed by atoms with E-state index in [0.717, 1.165) is 18.4 Å². The number of nitrogens with one attached hydrogen (secondary N) is 1. The molecule has 0 bridgehead atoms. The summed E-state index contributed by atoms with van der Waals surface area (Å²) in [6.45, 7) is 2.19. The first kappa shape index (κ1) is 14.8. The van der Waals surface area contributed by atoms with Gasteiger partial charge in [0.25, 0.3) is 0 Å². The Balaban J connectivity index is 2.23. The molecule has 6 heteroatoms. The fourth-order valence-electron chi connectivity index (χ4n) is 2.22. The summed E-state index contributed by atoms with van der Waals surface area (Å²) in [4.78, 5) is 0.114. The first-order valence-electron chi connectivity index (χ1n) is 6.45. The van der Waals surface area contributed by atoms with Crippen molar-refractivity contribution in [2.24, 2.45) is 11.7 Å². The number of hydrogen-bond donors (Lipinski definition) is 2. The van der Waals surface area contributed by atoms with Gasteiger partial charge in [-0.15, -0.1) is 0 Å². The van der Waals surface area contributed by atoms with E-state index in [1.54, 1.807) is 12.1 Å². The van der Waals surface area contributed by atoms with E-state index < -0.39 is 10.0 Å². The molecule has 0 heterocycles. The predicted molar refractivity (Wildman–Crippen MR) is 76.5 cm³/mol. The van der Waals surface area contributed by atoms with Crippen molar-refractivity contribution in [2.45, 2.75) is 43.7 Å². The highest BCUT2D eigenvalue weighted by Crippen LogP contribution is 2.31. The van der Waals surface area contributed by atoms with Crippen LogP contribution >= 0.6 is 11.6 Å². The van der Waals surface area contributed by atoms with Gasteiger partial charge in [-0.05, 0) is 43.4 Å². The van der Waals surface area contributed by atoms with Crippen molar-refractivity contribution in [1.82, 2.24) is 4.72 Å². The molecule has 1 aliphatic rings. The zero-order valence-electron chi connectivity index (χ0n) is 10.9. The predicted octanol–water partition coefficient (Wildman–Crippen LogP) is 2.27. The summed E-state index contributed by atoms with van der Waals surface area (Å²) in [5.41, 5.74) is 6.28. The Kier molecular flexibility index (Phi) is 4.50. The van der Waals surface area contributed by atoms with Gasteiger partial charge in [0.2, 0.25) is 10.0 Å². The van der Waals surface area contributed by atoms with E-state index in [2.05, 4.69) is 4.72 Å². The average Bonchev–Trinajstić information content (AvgIpc) is 2.26. The summed E-state index contributed by atoms with van der Waals surface area (Å²) >= 11 is 5.99. The fraction of sp³-hybridized carbons (Fsp3) is 0.538. The molecule has 0 saturated heterocycles. The normalized spacial score (nSPS) is 18.1. The second kappa shape index (κ2) is 5.79. The van der Waals surface area contributed by atoms with Gasteiger partial charge in [0, 0.05) is 12.6 Å². The maximum atomic E-state index is 12.3. The van der Waals surface area contributed by atoms with Crippen LogP contribution < -0.4 is 10.5 Å². The maximum absolute atomic E-state index is 12.3. The molecule has 106 valence electrons. The van der Waals surface area contributed by atoms with Crippen LogP contribution in [0.4, 0.5) is 0 Å². The molecular formula is C13H19ClN2O2S. The summed E-state index contributed by atoms with van der Waals surface area (Å²) in [7, 11) is -3.58. The van der Waals surface area contributed by atoms with Gasteiger partial charge in [-0.3, -0.25) is 0 Å². The molecule has 0 amide bonds. The summed E-state index contributed by atoms with van der Waals surface area (Å²) in [5.74, 6) is 0.436. The van der Waals surface area contributed by atoms with E-state index in [1.807, 2.05) is 6.92 Å². The Labute approximate surface area is 119 Å². The Morgan fingerprint density at radius 3 is 2.68 bits per heavy atom. The molecule has 4 nitrogen and oxygen atoms in total. The van der Waals surface area contributed by atoms with Crippen LogP contribution in [0.1, 0.15) is 31.7 Å². The lowest BCUT2D eigenvalue weighted by Crippen LogP contribution is -2.40. The lowest BCUT2D eigenvalue weighted by atomic mass is 9.81. The van der Waals surface area contributed by atoms with E-state index in [-0.39, 0.29) is 22.5 Å². The van der Waals surface area contributed by atoms with Gasteiger partial charge in [0.15, 0.2) is 0 Å². The zero-order valence-corrected chi connectivity index (χ0v) is 12.5. The molecule has 3 N–H and O–H groups in total. The van der Waals surface area contributed by atoms with Crippen LogP contribution in [0.15, 0.2) is 23.1 Å². The minimum Gasteiger partial charge on any atom is -0.326 e. The van der Waals surface area contributed by atoms with Crippen LogP contribution in [0.3, 0.4) is 0 Å². The lowest BCUT2D eigenvalue weighted by molar-refractivity contribution is 0.260. The van der Waals surface area contributed by atoms with E-state index in [1.165, 1.54) is 12.5 Å². The average molecular weight is 303 g/mol. The van der Waals surface area contributed by atoms with Gasteiger partial charge in [0.1, 0.15) is 4.90 Å². The molecule has 1 aromatic rings. The highest BCUT2D eigenvalue weighted by molar-refractivity contribution is 7.89. The third-order valence-electron chi connectivity index (χ3n) is 3.72. The molecule has 0 aromatic heterocycles. The van der Waals surface area contributed by atoms with Gasteiger partial charge in [-0.25, -0.2) is 13.1 Å². The largest absolute Gasteiger partial charge is 0.326 e. The quantitative estimate of drug-likeness (QED) is 0.876. The van der Waals surface area contributed by atoms with Crippen LogP contribution in [0.2, 0.25) is 5.02 Å². The van der Waals surface area contributed by atoms with Gasteiger partial charge in [-0.1, -0.05) is 24.1 Å². The van der Waals surface area contributed by atoms with E-state index in [9.17, 15) is 8.42 Å². The minimum absolute atomic E-state index is 0.0589. The minimum atomic E-state index is -3.58. The standard InChI is InChI=1S/C13H19ClN2O2S/c1-9(11-3-2-4-11)16-19(17,18)13-7-10(8-15)5-6-12(13)14/h5-7,9,11,16H,2-4,8,15H2,1H3. The topological polar surface area (TPSA) is 72.2 Å². The van der Waals surface area contributed by atoms with Gasteiger partial charge < -0.3 is 5.73 Å². The lowest BCUT2D eigenvalue weighted by Gasteiger charge is -2.31. The van der Waals surface area contributed by atoms with Gasteiger partial charge >= 0.3 is 0 Å². The molecular weight excluding hydrogens is 284 g/mol. The fourth-order valence-corrected chi connectivity index (χ4v) is 4.09. The molecule has 1 saturated carbocycles. The number of halogens is 1. The van der Waals surface area contributed by atoms with Crippen LogP contribution in [0.25, 0.3) is 0 Å². The highest BCUT2D eigenvalue weighted by Gasteiger charge is 2.28. The van der Waals surface area contributed by atoms with Crippen molar-refractivity contribution < 1.29 is 8.42 Å². The molecule has 1 unspecified atom stereocenters. The Morgan fingerprint density at radius 2 is 2.16 bits per heavy atom. The van der Waals surface area contributed by atoms with E-state index >= 15 is 0 Å². The van der Waals surface area contributed by atoms with Crippen LogP contribution in [0, 0.1) is 5.92 Å². The summed E-state index contributed by atoms with van der Waals surface area (Å²) in [5, 5.41) is 0.227. The molecule has 1 aliphatic carbocycles. The summed E-state index contributed by atoms with van der Waals surface area (Å²) < 4.78 is 27.4. The van der Waals surface area contributed by atoms with Crippen molar-refractivity contribution in [1.29, 1.82) is 0 Å². The first-order chi connectivity index (χ1) is 8.94. The van der Waals surface area contributed by atoms with E-state index in [4.69, 9.17) is 17.3 Å². The molecule has 1 fully saturated rings. The Bertz CT molecular complexity index is 556. The van der Waals surface area contributed by atoms with Crippen molar-refractivity contribution >= 4 is 21.6 Å². The van der Waals surface area contributed by atoms with Crippen LogP contribution in [-0.4, -0.2) is 14.5 Å². The van der Waals surface area contributed by atoms with Crippen molar-refractivity contribution in [3.8, 4) is 0 Å². The van der Waals surface area contributed by atoms with Gasteiger partial charge in [0.05, 0.1) is 5.02 Å². The second-order valence-corrected chi connectivity index (χ2v) is 7.16. The zero-order chi connectivity index (χ0) is 14.0. The smallest absolute Gasteiger partial charge is 0.242 e. The Hall–Kier alpha value is -0.620. The molecule has 0 aliphatic heterocycles. The SMILES string of the molecule is CC(NS(=O)(=O)c1cc(CN)ccc1Cl)C1CCC1. The molecule has 19 heavy (non-hydrogen) atoms. The summed E-state index contributed by atoms with van der Waals surface area (Å²) in [6, 6.07) is 4.79. The van der Waals surface area contributed by atoms with Crippen LogP contribution in [-0.2, 0) is 16.6 Å². The maximum Gasteiger partial charge on any atom is 0.242 e. The number of nitrogens with two attached hydrogens (primary N) is 1. The Morgan fingerprint density at radius 1 is 1.47 bits per heavy atom. The summed E-state index contributed by atoms with van der Waals surface area (Å²) in [6.07, 6.45) is 3.35. The van der Waals surface area contributed by atoms with Crippen molar-refractivity contribution in [3.05, 3.63) is 28.8 Å².